The highest BCUT2D eigenvalue weighted by Gasteiger charge is 2.48. The standard InChI is InChI=1S/C18H18Cl2N3/c1-13(2)18(3)12-22(16-8-4-14(19)5-9-16)21-23(18)17-10-6-15(20)7-11-17/h4-11H,1,12H2,2-3H3/q+1/t18-/m0/s1. The van der Waals surface area contributed by atoms with Crippen molar-refractivity contribution in [2.45, 2.75) is 19.4 Å². The second-order valence-electron chi connectivity index (χ2n) is 5.97. The molecule has 0 saturated heterocycles. The molecule has 1 heterocycles. The molecule has 3 rings (SSSR count). The van der Waals surface area contributed by atoms with Crippen LogP contribution in [-0.4, -0.2) is 16.8 Å². The number of nitrogens with zero attached hydrogens (tertiary/aromatic N) is 3. The Morgan fingerprint density at radius 3 is 2.13 bits per heavy atom. The van der Waals surface area contributed by atoms with Crippen molar-refractivity contribution >= 4 is 34.6 Å². The quantitative estimate of drug-likeness (QED) is 0.502. The molecule has 0 fully saturated rings. The molecule has 1 aliphatic rings. The number of benzene rings is 2. The summed E-state index contributed by atoms with van der Waals surface area (Å²) in [5.74, 6) is 0. The smallest absolute Gasteiger partial charge is 0.129 e. The minimum Gasteiger partial charge on any atom is -0.129 e. The molecular formula is C18H18Cl2N3+. The Kier molecular flexibility index (Phi) is 4.17. The molecule has 0 saturated carbocycles. The molecule has 118 valence electrons. The van der Waals surface area contributed by atoms with Gasteiger partial charge >= 0.3 is 0 Å². The summed E-state index contributed by atoms with van der Waals surface area (Å²) >= 11 is 12.0. The van der Waals surface area contributed by atoms with E-state index in [0.717, 1.165) is 16.9 Å². The maximum atomic E-state index is 6.00. The molecule has 0 amide bonds. The van der Waals surface area contributed by atoms with Gasteiger partial charge in [-0.15, -0.1) is 9.71 Å². The van der Waals surface area contributed by atoms with E-state index in [9.17, 15) is 0 Å². The maximum absolute atomic E-state index is 6.00. The normalized spacial score (nSPS) is 20.5. The average Bonchev–Trinajstić information content (AvgIpc) is 2.88. The number of hydrogen-bond donors (Lipinski definition) is 0. The van der Waals surface area contributed by atoms with Crippen LogP contribution in [0.25, 0.3) is 0 Å². The molecule has 0 aromatic heterocycles. The highest BCUT2D eigenvalue weighted by atomic mass is 35.5. The first-order chi connectivity index (χ1) is 10.9. The summed E-state index contributed by atoms with van der Waals surface area (Å²) in [4.78, 5) is 0. The van der Waals surface area contributed by atoms with Crippen molar-refractivity contribution in [1.29, 1.82) is 0 Å². The zero-order valence-electron chi connectivity index (χ0n) is 13.1. The minimum absolute atomic E-state index is 0.298. The van der Waals surface area contributed by atoms with Gasteiger partial charge in [-0.25, -0.2) is 0 Å². The largest absolute Gasteiger partial charge is 0.191 e. The lowest BCUT2D eigenvalue weighted by Gasteiger charge is -2.25. The fourth-order valence-electron chi connectivity index (χ4n) is 2.59. The third-order valence-electron chi connectivity index (χ3n) is 4.24. The van der Waals surface area contributed by atoms with Gasteiger partial charge in [-0.1, -0.05) is 29.8 Å². The van der Waals surface area contributed by atoms with E-state index in [1.807, 2.05) is 65.2 Å². The van der Waals surface area contributed by atoms with E-state index in [2.05, 4.69) is 13.5 Å². The molecule has 0 unspecified atom stereocenters. The molecule has 0 bridgehead atoms. The van der Waals surface area contributed by atoms with E-state index in [1.54, 1.807) is 0 Å². The van der Waals surface area contributed by atoms with E-state index >= 15 is 0 Å². The first-order valence-electron chi connectivity index (χ1n) is 7.36. The molecule has 1 atom stereocenters. The van der Waals surface area contributed by atoms with Gasteiger partial charge in [0.05, 0.1) is 5.22 Å². The van der Waals surface area contributed by atoms with Gasteiger partial charge in [0, 0.05) is 10.0 Å². The van der Waals surface area contributed by atoms with Crippen LogP contribution in [0.2, 0.25) is 10.0 Å². The Morgan fingerprint density at radius 1 is 1.09 bits per heavy atom. The molecule has 0 radical (unpaired) electrons. The number of rotatable bonds is 3. The second kappa shape index (κ2) is 5.99. The highest BCUT2D eigenvalue weighted by molar-refractivity contribution is 6.30. The monoisotopic (exact) mass is 346 g/mol. The SMILES string of the molecule is C=C(C)[C@]1(C)C[N+](c2ccc(Cl)cc2)=NN1c1ccc(Cl)cc1. The zero-order chi connectivity index (χ0) is 16.6. The van der Waals surface area contributed by atoms with Crippen LogP contribution < -0.4 is 5.01 Å². The van der Waals surface area contributed by atoms with Crippen molar-refractivity contribution in [2.75, 3.05) is 11.6 Å². The van der Waals surface area contributed by atoms with Crippen LogP contribution in [0.5, 0.6) is 0 Å². The minimum atomic E-state index is -0.298. The van der Waals surface area contributed by atoms with E-state index in [4.69, 9.17) is 28.4 Å². The maximum Gasteiger partial charge on any atom is 0.191 e. The summed E-state index contributed by atoms with van der Waals surface area (Å²) in [6.45, 7) is 9.06. The Balaban J connectivity index is 2.04. The van der Waals surface area contributed by atoms with Gasteiger partial charge in [0.1, 0.15) is 5.69 Å². The molecule has 2 aromatic rings. The molecule has 0 N–H and O–H groups in total. The van der Waals surface area contributed by atoms with Crippen LogP contribution in [0.4, 0.5) is 11.4 Å². The third kappa shape index (κ3) is 2.99. The molecular weight excluding hydrogens is 329 g/mol. The van der Waals surface area contributed by atoms with Gasteiger partial charge in [-0.3, -0.25) is 0 Å². The lowest BCUT2D eigenvalue weighted by Crippen LogP contribution is -2.44. The first kappa shape index (κ1) is 16.0. The van der Waals surface area contributed by atoms with E-state index < -0.39 is 0 Å². The van der Waals surface area contributed by atoms with Gasteiger partial charge < -0.3 is 0 Å². The molecule has 0 spiro atoms. The summed E-state index contributed by atoms with van der Waals surface area (Å²) < 4.78 is 1.97. The zero-order valence-corrected chi connectivity index (χ0v) is 14.6. The van der Waals surface area contributed by atoms with E-state index in [1.165, 1.54) is 0 Å². The van der Waals surface area contributed by atoms with Crippen molar-refractivity contribution in [3.8, 4) is 0 Å². The molecule has 1 aliphatic heterocycles. The van der Waals surface area contributed by atoms with Crippen LogP contribution in [-0.2, 0) is 0 Å². The molecule has 23 heavy (non-hydrogen) atoms. The number of anilines is 1. The summed E-state index contributed by atoms with van der Waals surface area (Å²) in [5, 5.41) is 8.20. The van der Waals surface area contributed by atoms with Gasteiger partial charge in [-0.05, 0) is 68.0 Å². The predicted molar refractivity (Wildman–Crippen MR) is 95.8 cm³/mol. The van der Waals surface area contributed by atoms with Gasteiger partial charge in [-0.2, -0.15) is 0 Å². The molecule has 0 aliphatic carbocycles. The third-order valence-corrected chi connectivity index (χ3v) is 4.74. The molecule has 2 aromatic carbocycles. The Hall–Kier alpha value is -1.84. The summed E-state index contributed by atoms with van der Waals surface area (Å²) in [5.41, 5.74) is 2.73. The van der Waals surface area contributed by atoms with Crippen molar-refractivity contribution in [3.05, 3.63) is 70.7 Å². The Bertz CT molecular complexity index is 766. The average molecular weight is 347 g/mol. The first-order valence-corrected chi connectivity index (χ1v) is 8.12. The van der Waals surface area contributed by atoms with E-state index in [0.29, 0.717) is 16.6 Å². The van der Waals surface area contributed by atoms with Crippen LogP contribution in [0.1, 0.15) is 13.8 Å². The highest BCUT2D eigenvalue weighted by Crippen LogP contribution is 2.37. The van der Waals surface area contributed by atoms with Crippen LogP contribution >= 0.6 is 23.2 Å². The predicted octanol–water partition coefficient (Wildman–Crippen LogP) is 5.86. The molecule has 3 nitrogen and oxygen atoms in total. The fraction of sp³-hybridized carbons (Fsp3) is 0.222. The Labute approximate surface area is 146 Å². The number of halogens is 2. The van der Waals surface area contributed by atoms with Crippen molar-refractivity contribution < 1.29 is 4.70 Å². The van der Waals surface area contributed by atoms with Crippen molar-refractivity contribution in [2.24, 2.45) is 5.22 Å². The lowest BCUT2D eigenvalue weighted by atomic mass is 9.93. The topological polar surface area (TPSA) is 18.6 Å². The summed E-state index contributed by atoms with van der Waals surface area (Å²) in [7, 11) is 0. The van der Waals surface area contributed by atoms with Gasteiger partial charge in [0.2, 0.25) is 0 Å². The second-order valence-corrected chi connectivity index (χ2v) is 6.84. The van der Waals surface area contributed by atoms with Crippen LogP contribution in [0.15, 0.2) is 65.9 Å². The van der Waals surface area contributed by atoms with Gasteiger partial charge in [0.25, 0.3) is 0 Å². The van der Waals surface area contributed by atoms with E-state index in [-0.39, 0.29) is 5.54 Å². The fourth-order valence-corrected chi connectivity index (χ4v) is 2.84. The summed E-state index contributed by atoms with van der Waals surface area (Å²) in [6.07, 6.45) is 0. The van der Waals surface area contributed by atoms with Crippen LogP contribution in [0.3, 0.4) is 0 Å². The van der Waals surface area contributed by atoms with Crippen molar-refractivity contribution in [3.63, 3.8) is 0 Å². The van der Waals surface area contributed by atoms with Crippen LogP contribution in [0, 0.1) is 0 Å². The molecule has 5 heteroatoms. The Morgan fingerprint density at radius 2 is 1.61 bits per heavy atom. The van der Waals surface area contributed by atoms with Crippen molar-refractivity contribution in [1.82, 2.24) is 0 Å². The number of hydrogen-bond acceptors (Lipinski definition) is 2. The lowest BCUT2D eigenvalue weighted by molar-refractivity contribution is -0.501. The summed E-state index contributed by atoms with van der Waals surface area (Å²) in [6, 6.07) is 15.4. The van der Waals surface area contributed by atoms with Gasteiger partial charge in [0.15, 0.2) is 17.8 Å².